The molecule has 1 aromatic rings. The average molecular weight is 281 g/mol. The second kappa shape index (κ2) is 6.81. The summed E-state index contributed by atoms with van der Waals surface area (Å²) < 4.78 is 13.6. The lowest BCUT2D eigenvalue weighted by molar-refractivity contribution is 0.0696. The van der Waals surface area contributed by atoms with Crippen LogP contribution >= 0.6 is 0 Å². The van der Waals surface area contributed by atoms with E-state index >= 15 is 0 Å². The van der Waals surface area contributed by atoms with Gasteiger partial charge in [-0.1, -0.05) is 0 Å². The smallest absolute Gasteiger partial charge is 0.335 e. The lowest BCUT2D eigenvalue weighted by atomic mass is 9.87. The molecule has 0 atom stereocenters. The predicted octanol–water partition coefficient (Wildman–Crippen LogP) is 2.16. The molecule has 5 heteroatoms. The number of carboxylic acid groups (broad SMARTS) is 1. The number of halogens is 1. The maximum absolute atomic E-state index is 13.6. The lowest BCUT2D eigenvalue weighted by Gasteiger charge is -2.25. The Morgan fingerprint density at radius 3 is 2.65 bits per heavy atom. The minimum atomic E-state index is -1.05. The third kappa shape index (κ3) is 4.02. The number of nitrogens with one attached hydrogen (secondary N) is 1. The molecule has 1 fully saturated rings. The standard InChI is InChI=1S/C15H20FNO3/c16-14-6-3-11(15(19)20)7-12(14)9-17-8-10-1-4-13(18)5-2-10/h3,6-7,10,13,17-18H,1-2,4-5,8-9H2,(H,19,20). The van der Waals surface area contributed by atoms with Crippen LogP contribution in [0, 0.1) is 11.7 Å². The number of aliphatic hydroxyl groups is 1. The molecular formula is C15H20FNO3. The van der Waals surface area contributed by atoms with E-state index in [-0.39, 0.29) is 17.5 Å². The van der Waals surface area contributed by atoms with Gasteiger partial charge in [-0.25, -0.2) is 9.18 Å². The van der Waals surface area contributed by atoms with Crippen molar-refractivity contribution in [3.63, 3.8) is 0 Å². The molecule has 0 unspecified atom stereocenters. The van der Waals surface area contributed by atoms with Gasteiger partial charge in [0, 0.05) is 12.1 Å². The molecule has 0 bridgehead atoms. The maximum atomic E-state index is 13.6. The number of benzene rings is 1. The fraction of sp³-hybridized carbons (Fsp3) is 0.533. The van der Waals surface area contributed by atoms with E-state index < -0.39 is 5.97 Å². The highest BCUT2D eigenvalue weighted by atomic mass is 19.1. The number of aliphatic hydroxyl groups excluding tert-OH is 1. The van der Waals surface area contributed by atoms with E-state index in [1.165, 1.54) is 18.2 Å². The van der Waals surface area contributed by atoms with Gasteiger partial charge in [0.1, 0.15) is 5.82 Å². The van der Waals surface area contributed by atoms with Crippen molar-refractivity contribution in [2.24, 2.45) is 5.92 Å². The second-order valence-corrected chi connectivity index (χ2v) is 5.42. The third-order valence-corrected chi connectivity index (χ3v) is 3.86. The van der Waals surface area contributed by atoms with Gasteiger partial charge in [0.05, 0.1) is 11.7 Å². The zero-order valence-electron chi connectivity index (χ0n) is 11.3. The molecule has 20 heavy (non-hydrogen) atoms. The molecule has 110 valence electrons. The van der Waals surface area contributed by atoms with E-state index in [4.69, 9.17) is 5.11 Å². The lowest BCUT2D eigenvalue weighted by Crippen LogP contribution is -2.28. The molecule has 4 nitrogen and oxygen atoms in total. The summed E-state index contributed by atoms with van der Waals surface area (Å²) in [4.78, 5) is 10.8. The summed E-state index contributed by atoms with van der Waals surface area (Å²) >= 11 is 0. The maximum Gasteiger partial charge on any atom is 0.335 e. The van der Waals surface area contributed by atoms with Gasteiger partial charge in [0.25, 0.3) is 0 Å². The highest BCUT2D eigenvalue weighted by Gasteiger charge is 2.19. The average Bonchev–Trinajstić information content (AvgIpc) is 2.43. The van der Waals surface area contributed by atoms with E-state index in [9.17, 15) is 14.3 Å². The number of carboxylic acids is 1. The molecule has 0 heterocycles. The highest BCUT2D eigenvalue weighted by Crippen LogP contribution is 2.23. The molecule has 2 rings (SSSR count). The largest absolute Gasteiger partial charge is 0.478 e. The number of hydrogen-bond donors (Lipinski definition) is 3. The van der Waals surface area contributed by atoms with Crippen molar-refractivity contribution in [3.8, 4) is 0 Å². The summed E-state index contributed by atoms with van der Waals surface area (Å²) in [5, 5.41) is 21.5. The van der Waals surface area contributed by atoms with Crippen LogP contribution in [0.2, 0.25) is 0 Å². The first-order valence-electron chi connectivity index (χ1n) is 6.96. The van der Waals surface area contributed by atoms with Gasteiger partial charge in [-0.2, -0.15) is 0 Å². The van der Waals surface area contributed by atoms with Gasteiger partial charge < -0.3 is 15.5 Å². The van der Waals surface area contributed by atoms with Gasteiger partial charge >= 0.3 is 5.97 Å². The van der Waals surface area contributed by atoms with Gasteiger partial charge in [0.2, 0.25) is 0 Å². The molecule has 0 amide bonds. The first-order valence-corrected chi connectivity index (χ1v) is 6.96. The topological polar surface area (TPSA) is 69.6 Å². The van der Waals surface area contributed by atoms with Gasteiger partial charge in [-0.15, -0.1) is 0 Å². The van der Waals surface area contributed by atoms with E-state index in [0.717, 1.165) is 32.2 Å². The van der Waals surface area contributed by atoms with Gasteiger partial charge in [-0.05, 0) is 56.3 Å². The Kier molecular flexibility index (Phi) is 5.09. The third-order valence-electron chi connectivity index (χ3n) is 3.86. The van der Waals surface area contributed by atoms with Crippen LogP contribution in [0.15, 0.2) is 18.2 Å². The van der Waals surface area contributed by atoms with Crippen molar-refractivity contribution in [2.45, 2.75) is 38.3 Å². The second-order valence-electron chi connectivity index (χ2n) is 5.42. The molecule has 0 aliphatic heterocycles. The zero-order chi connectivity index (χ0) is 14.5. The summed E-state index contributed by atoms with van der Waals surface area (Å²) in [6, 6.07) is 3.83. The molecule has 0 radical (unpaired) electrons. The molecule has 0 aromatic heterocycles. The predicted molar refractivity (Wildman–Crippen MR) is 73.0 cm³/mol. The van der Waals surface area contributed by atoms with Crippen LogP contribution in [-0.4, -0.2) is 28.8 Å². The first kappa shape index (κ1) is 14.9. The summed E-state index contributed by atoms with van der Waals surface area (Å²) in [6.07, 6.45) is 3.44. The van der Waals surface area contributed by atoms with Crippen LogP contribution in [0.5, 0.6) is 0 Å². The zero-order valence-corrected chi connectivity index (χ0v) is 11.3. The van der Waals surface area contributed by atoms with Crippen molar-refractivity contribution in [1.82, 2.24) is 5.32 Å². The number of rotatable bonds is 5. The number of carbonyl (C=O) groups is 1. The van der Waals surface area contributed by atoms with Crippen molar-refractivity contribution in [3.05, 3.63) is 35.1 Å². The minimum absolute atomic E-state index is 0.101. The van der Waals surface area contributed by atoms with Crippen molar-refractivity contribution in [2.75, 3.05) is 6.54 Å². The van der Waals surface area contributed by atoms with E-state index in [1.54, 1.807) is 0 Å². The van der Waals surface area contributed by atoms with Crippen molar-refractivity contribution in [1.29, 1.82) is 0 Å². The van der Waals surface area contributed by atoms with Crippen LogP contribution in [-0.2, 0) is 6.54 Å². The summed E-state index contributed by atoms with van der Waals surface area (Å²) in [7, 11) is 0. The van der Waals surface area contributed by atoms with E-state index in [1.807, 2.05) is 0 Å². The van der Waals surface area contributed by atoms with Crippen LogP contribution < -0.4 is 5.32 Å². The highest BCUT2D eigenvalue weighted by molar-refractivity contribution is 5.87. The molecule has 0 saturated heterocycles. The summed E-state index contributed by atoms with van der Waals surface area (Å²) in [6.45, 7) is 1.09. The van der Waals surface area contributed by atoms with Crippen molar-refractivity contribution >= 4 is 5.97 Å². The number of hydrogen-bond acceptors (Lipinski definition) is 3. The minimum Gasteiger partial charge on any atom is -0.478 e. The fourth-order valence-corrected chi connectivity index (χ4v) is 2.60. The molecule has 0 spiro atoms. The molecule has 1 aromatic carbocycles. The Bertz CT molecular complexity index is 470. The van der Waals surface area contributed by atoms with Crippen molar-refractivity contribution < 1.29 is 19.4 Å². The normalized spacial score (nSPS) is 22.7. The van der Waals surface area contributed by atoms with Crippen LogP contribution in [0.4, 0.5) is 4.39 Å². The monoisotopic (exact) mass is 281 g/mol. The fourth-order valence-electron chi connectivity index (χ4n) is 2.60. The first-order chi connectivity index (χ1) is 9.56. The number of aromatic carboxylic acids is 1. The summed E-state index contributed by atoms with van der Waals surface area (Å²) in [5.74, 6) is -0.932. The Balaban J connectivity index is 1.84. The Hall–Kier alpha value is -1.46. The van der Waals surface area contributed by atoms with Crippen LogP contribution in [0.1, 0.15) is 41.6 Å². The van der Waals surface area contributed by atoms with E-state index in [0.29, 0.717) is 18.0 Å². The molecular weight excluding hydrogens is 261 g/mol. The SMILES string of the molecule is O=C(O)c1ccc(F)c(CNCC2CCC(O)CC2)c1. The summed E-state index contributed by atoms with van der Waals surface area (Å²) in [5.41, 5.74) is 0.477. The van der Waals surface area contributed by atoms with Crippen LogP contribution in [0.3, 0.4) is 0 Å². The molecule has 1 aliphatic rings. The van der Waals surface area contributed by atoms with Crippen LogP contribution in [0.25, 0.3) is 0 Å². The van der Waals surface area contributed by atoms with Gasteiger partial charge in [0.15, 0.2) is 0 Å². The molecule has 3 N–H and O–H groups in total. The quantitative estimate of drug-likeness (QED) is 0.773. The molecule has 1 aliphatic carbocycles. The Morgan fingerprint density at radius 2 is 2.00 bits per heavy atom. The van der Waals surface area contributed by atoms with E-state index in [2.05, 4.69) is 5.32 Å². The molecule has 1 saturated carbocycles. The Labute approximate surface area is 117 Å². The van der Waals surface area contributed by atoms with Gasteiger partial charge in [-0.3, -0.25) is 0 Å². The Morgan fingerprint density at radius 1 is 1.30 bits per heavy atom.